The van der Waals surface area contributed by atoms with E-state index < -0.39 is 13.9 Å². The van der Waals surface area contributed by atoms with Crippen LogP contribution in [0.3, 0.4) is 0 Å². The van der Waals surface area contributed by atoms with Crippen molar-refractivity contribution in [1.29, 1.82) is 0 Å². The average Bonchev–Trinajstić information content (AvgIpc) is 3.22. The summed E-state index contributed by atoms with van der Waals surface area (Å²) >= 11 is 0. The Kier molecular flexibility index (Phi) is 43.5. The summed E-state index contributed by atoms with van der Waals surface area (Å²) in [7, 11) is 1.64. The van der Waals surface area contributed by atoms with E-state index in [1.54, 1.807) is 0 Å². The molecular formula is C52H97NO7P+. The Hall–Kier alpha value is -1.80. The number of carbonyl (C=O) groups is 1. The van der Waals surface area contributed by atoms with Gasteiger partial charge in [0.15, 0.2) is 0 Å². The van der Waals surface area contributed by atoms with Gasteiger partial charge in [0.2, 0.25) is 0 Å². The summed E-state index contributed by atoms with van der Waals surface area (Å²) in [5, 5.41) is 0. The molecule has 0 radical (unpaired) electrons. The van der Waals surface area contributed by atoms with E-state index in [4.69, 9.17) is 18.5 Å². The second kappa shape index (κ2) is 44.8. The van der Waals surface area contributed by atoms with Crippen molar-refractivity contribution in [2.75, 3.05) is 54.1 Å². The standard InChI is InChI=1S/C52H96NO7P/c1-6-8-10-12-14-16-18-20-22-24-25-26-27-28-29-30-31-33-35-37-39-41-43-45-52(54)60-51(50-59-61(55,56)58-48-46-53(3,4)5)49-57-47-44-42-40-38-36-34-32-23-21-19-17-15-13-11-9-7-2/h9,11,15,17,21,23-25,34,36,51H,6-8,10,12-14,16,18-20,22,26-33,35,37-50H2,1-5H3/p+1/b11-9-,17-15-,23-21-,25-24-,36-34-. The summed E-state index contributed by atoms with van der Waals surface area (Å²) < 4.78 is 35.1. The zero-order valence-corrected chi connectivity index (χ0v) is 41.3. The van der Waals surface area contributed by atoms with Gasteiger partial charge in [-0.15, -0.1) is 0 Å². The van der Waals surface area contributed by atoms with Gasteiger partial charge >= 0.3 is 13.8 Å². The average molecular weight is 879 g/mol. The molecule has 0 rings (SSSR count). The fourth-order valence-corrected chi connectivity index (χ4v) is 7.46. The van der Waals surface area contributed by atoms with Crippen LogP contribution < -0.4 is 0 Å². The molecule has 0 aliphatic rings. The molecule has 0 heterocycles. The Morgan fingerprint density at radius 1 is 0.525 bits per heavy atom. The third-order valence-electron chi connectivity index (χ3n) is 10.6. The Bertz CT molecular complexity index is 1160. The first-order chi connectivity index (χ1) is 29.6. The number of esters is 1. The Labute approximate surface area is 377 Å². The highest BCUT2D eigenvalue weighted by atomic mass is 31.2. The Morgan fingerprint density at radius 2 is 0.951 bits per heavy atom. The molecule has 61 heavy (non-hydrogen) atoms. The predicted octanol–water partition coefficient (Wildman–Crippen LogP) is 15.3. The van der Waals surface area contributed by atoms with Gasteiger partial charge in [-0.3, -0.25) is 13.8 Å². The van der Waals surface area contributed by atoms with Crippen LogP contribution in [0, 0.1) is 0 Å². The number of phosphoric acid groups is 1. The van der Waals surface area contributed by atoms with Crippen molar-refractivity contribution >= 4 is 13.8 Å². The molecule has 2 atom stereocenters. The van der Waals surface area contributed by atoms with Crippen LogP contribution in [0.25, 0.3) is 0 Å². The van der Waals surface area contributed by atoms with Crippen molar-refractivity contribution in [2.24, 2.45) is 0 Å². The van der Waals surface area contributed by atoms with Gasteiger partial charge in [-0.1, -0.05) is 184 Å². The number of likely N-dealkylation sites (N-methyl/N-ethyl adjacent to an activating group) is 1. The highest BCUT2D eigenvalue weighted by Gasteiger charge is 2.26. The molecule has 0 aliphatic heterocycles. The van der Waals surface area contributed by atoms with Crippen LogP contribution in [-0.4, -0.2) is 75.6 Å². The molecule has 9 heteroatoms. The molecule has 8 nitrogen and oxygen atoms in total. The molecule has 0 aromatic heterocycles. The minimum absolute atomic E-state index is 0.0800. The van der Waals surface area contributed by atoms with E-state index in [0.29, 0.717) is 24.1 Å². The number of unbranched alkanes of at least 4 members (excludes halogenated alkanes) is 22. The highest BCUT2D eigenvalue weighted by molar-refractivity contribution is 7.47. The molecule has 0 saturated heterocycles. The van der Waals surface area contributed by atoms with E-state index in [2.05, 4.69) is 74.6 Å². The number of rotatable bonds is 46. The lowest BCUT2D eigenvalue weighted by Crippen LogP contribution is -2.37. The quantitative estimate of drug-likeness (QED) is 0.0214. The van der Waals surface area contributed by atoms with Crippen molar-refractivity contribution in [3.8, 4) is 0 Å². The summed E-state index contributed by atoms with van der Waals surface area (Å²) in [6.45, 7) is 5.44. The van der Waals surface area contributed by atoms with Crippen molar-refractivity contribution < 1.29 is 37.3 Å². The number of phosphoric ester groups is 1. The maximum absolute atomic E-state index is 12.8. The molecule has 0 bridgehead atoms. The number of carbonyl (C=O) groups excluding carboxylic acids is 1. The zero-order valence-electron chi connectivity index (χ0n) is 40.4. The van der Waals surface area contributed by atoms with Crippen molar-refractivity contribution in [1.82, 2.24) is 0 Å². The fraction of sp³-hybridized carbons (Fsp3) is 0.788. The summed E-state index contributed by atoms with van der Waals surface area (Å²) in [6, 6.07) is 0. The molecule has 0 aromatic rings. The van der Waals surface area contributed by atoms with Gasteiger partial charge in [0, 0.05) is 13.0 Å². The van der Waals surface area contributed by atoms with Crippen LogP contribution in [0.15, 0.2) is 60.8 Å². The van der Waals surface area contributed by atoms with Gasteiger partial charge < -0.3 is 18.9 Å². The predicted molar refractivity (Wildman–Crippen MR) is 261 cm³/mol. The number of hydrogen-bond acceptors (Lipinski definition) is 6. The number of nitrogens with zero attached hydrogens (tertiary/aromatic N) is 1. The third-order valence-corrected chi connectivity index (χ3v) is 11.5. The molecule has 0 spiro atoms. The first-order valence-electron chi connectivity index (χ1n) is 25.0. The number of hydrogen-bond donors (Lipinski definition) is 1. The van der Waals surface area contributed by atoms with Gasteiger partial charge in [0.25, 0.3) is 0 Å². The van der Waals surface area contributed by atoms with Crippen LogP contribution in [0.5, 0.6) is 0 Å². The number of quaternary nitrogens is 1. The summed E-state index contributed by atoms with van der Waals surface area (Å²) in [5.74, 6) is -0.326. The largest absolute Gasteiger partial charge is 0.472 e. The van der Waals surface area contributed by atoms with E-state index in [1.807, 2.05) is 21.1 Å². The third kappa shape index (κ3) is 49.1. The molecule has 0 aliphatic carbocycles. The van der Waals surface area contributed by atoms with Crippen LogP contribution in [0.4, 0.5) is 0 Å². The molecule has 2 unspecified atom stereocenters. The highest BCUT2D eigenvalue weighted by Crippen LogP contribution is 2.43. The molecule has 0 aromatic carbocycles. The van der Waals surface area contributed by atoms with Crippen LogP contribution >= 0.6 is 7.82 Å². The maximum atomic E-state index is 12.8. The van der Waals surface area contributed by atoms with E-state index in [0.717, 1.165) is 70.6 Å². The molecule has 0 saturated carbocycles. The Balaban J connectivity index is 4.17. The monoisotopic (exact) mass is 879 g/mol. The van der Waals surface area contributed by atoms with Gasteiger partial charge in [-0.25, -0.2) is 4.57 Å². The second-order valence-electron chi connectivity index (χ2n) is 17.8. The summed E-state index contributed by atoms with van der Waals surface area (Å²) in [6.07, 6.45) is 57.0. The molecular weight excluding hydrogens is 782 g/mol. The molecule has 1 N–H and O–H groups in total. The fourth-order valence-electron chi connectivity index (χ4n) is 6.72. The van der Waals surface area contributed by atoms with E-state index in [1.165, 1.54) is 116 Å². The maximum Gasteiger partial charge on any atom is 0.472 e. The summed E-state index contributed by atoms with van der Waals surface area (Å²) in [5.41, 5.74) is 0. The van der Waals surface area contributed by atoms with Crippen molar-refractivity contribution in [3.63, 3.8) is 0 Å². The topological polar surface area (TPSA) is 91.3 Å². The van der Waals surface area contributed by atoms with E-state index in [-0.39, 0.29) is 25.8 Å². The normalized spacial score (nSPS) is 14.1. The first-order valence-corrected chi connectivity index (χ1v) is 26.5. The number of allylic oxidation sites excluding steroid dienone is 10. The van der Waals surface area contributed by atoms with Gasteiger partial charge in [-0.2, -0.15) is 0 Å². The molecule has 0 fully saturated rings. The van der Waals surface area contributed by atoms with E-state index >= 15 is 0 Å². The van der Waals surface area contributed by atoms with Crippen molar-refractivity contribution in [2.45, 2.75) is 213 Å². The SMILES string of the molecule is CC/C=C\C/C=C\C/C=C\C/C=C\CCCCCOCC(COP(=O)(O)OCC[N+](C)(C)C)OC(=O)CCCCCCCCCCCCC/C=C\CCCCCCCCCC. The Morgan fingerprint density at radius 3 is 1.44 bits per heavy atom. The van der Waals surface area contributed by atoms with Crippen LogP contribution in [0.2, 0.25) is 0 Å². The lowest BCUT2D eigenvalue weighted by molar-refractivity contribution is -0.870. The van der Waals surface area contributed by atoms with Crippen molar-refractivity contribution in [3.05, 3.63) is 60.8 Å². The first kappa shape index (κ1) is 59.2. The zero-order chi connectivity index (χ0) is 44.8. The van der Waals surface area contributed by atoms with E-state index in [9.17, 15) is 14.3 Å². The molecule has 0 amide bonds. The smallest absolute Gasteiger partial charge is 0.457 e. The number of ether oxygens (including phenoxy) is 2. The lowest BCUT2D eigenvalue weighted by atomic mass is 10.0. The molecule has 356 valence electrons. The lowest BCUT2D eigenvalue weighted by Gasteiger charge is -2.24. The van der Waals surface area contributed by atoms with Gasteiger partial charge in [0.1, 0.15) is 19.3 Å². The summed E-state index contributed by atoms with van der Waals surface area (Å²) in [4.78, 5) is 23.0. The van der Waals surface area contributed by atoms with Gasteiger partial charge in [0.05, 0.1) is 34.4 Å². The van der Waals surface area contributed by atoms with Gasteiger partial charge in [-0.05, 0) is 77.0 Å². The minimum atomic E-state index is -4.29. The minimum Gasteiger partial charge on any atom is -0.457 e. The van der Waals surface area contributed by atoms with Crippen LogP contribution in [-0.2, 0) is 27.9 Å². The van der Waals surface area contributed by atoms with Crippen LogP contribution in [0.1, 0.15) is 206 Å². The second-order valence-corrected chi connectivity index (χ2v) is 19.3.